The van der Waals surface area contributed by atoms with Gasteiger partial charge in [-0.1, -0.05) is 18.7 Å². The highest BCUT2D eigenvalue weighted by molar-refractivity contribution is 5.93. The smallest absolute Gasteiger partial charge is 0.343 e. The van der Waals surface area contributed by atoms with Crippen LogP contribution in [0.1, 0.15) is 29.4 Å². The molecule has 0 unspecified atom stereocenters. The Balaban J connectivity index is 3.02. The average molecular weight is 181 g/mol. The number of hydrogen-bond donors (Lipinski definition) is 0. The largest absolute Gasteiger partial charge is 0.465 e. The summed E-state index contributed by atoms with van der Waals surface area (Å²) < 4.78 is 9.23. The third kappa shape index (κ3) is 1.77. The van der Waals surface area contributed by atoms with Gasteiger partial charge in [-0.3, -0.25) is 0 Å². The van der Waals surface area contributed by atoms with E-state index in [2.05, 4.69) is 21.0 Å². The van der Waals surface area contributed by atoms with E-state index < -0.39 is 5.97 Å². The average Bonchev–Trinajstić information content (AvgIpc) is 2.63. The maximum absolute atomic E-state index is 11.2. The second-order valence-electron chi connectivity index (χ2n) is 2.53. The van der Waals surface area contributed by atoms with Crippen molar-refractivity contribution in [1.29, 1.82) is 0 Å². The molecule has 4 nitrogen and oxygen atoms in total. The molecule has 70 valence electrons. The zero-order valence-corrected chi connectivity index (χ0v) is 7.66. The number of esters is 1. The summed E-state index contributed by atoms with van der Waals surface area (Å²) in [5.41, 5.74) is 1.57. The van der Waals surface area contributed by atoms with Crippen molar-refractivity contribution in [2.75, 3.05) is 7.11 Å². The molecule has 0 spiro atoms. The summed E-state index contributed by atoms with van der Waals surface area (Å²) in [5, 5.41) is 3.68. The van der Waals surface area contributed by atoms with Crippen LogP contribution in [0.25, 0.3) is 5.57 Å². The standard InChI is InChI=1S/C9H11NO3/c1-4-6(2)8-7(5-13-10-8)9(11)12-3/h5H,2,4H2,1,3H3. The number of allylic oxidation sites excluding steroid dienone is 1. The molecule has 0 aromatic carbocycles. The summed E-state index contributed by atoms with van der Waals surface area (Å²) in [5.74, 6) is -0.453. The SMILES string of the molecule is C=C(CC)c1nocc1C(=O)OC. The van der Waals surface area contributed by atoms with E-state index in [9.17, 15) is 4.79 Å². The second-order valence-corrected chi connectivity index (χ2v) is 2.53. The lowest BCUT2D eigenvalue weighted by atomic mass is 10.1. The van der Waals surface area contributed by atoms with E-state index in [1.54, 1.807) is 0 Å². The van der Waals surface area contributed by atoms with Crippen LogP contribution in [0.4, 0.5) is 0 Å². The molecule has 0 saturated heterocycles. The van der Waals surface area contributed by atoms with E-state index in [0.717, 1.165) is 12.0 Å². The molecule has 0 bridgehead atoms. The fourth-order valence-corrected chi connectivity index (χ4v) is 0.914. The van der Waals surface area contributed by atoms with Crippen molar-refractivity contribution >= 4 is 11.5 Å². The Morgan fingerprint density at radius 3 is 3.00 bits per heavy atom. The third-order valence-corrected chi connectivity index (χ3v) is 1.74. The van der Waals surface area contributed by atoms with Gasteiger partial charge in [-0.15, -0.1) is 0 Å². The monoisotopic (exact) mass is 181 g/mol. The van der Waals surface area contributed by atoms with Gasteiger partial charge in [0.25, 0.3) is 0 Å². The van der Waals surface area contributed by atoms with Crippen LogP contribution >= 0.6 is 0 Å². The summed E-state index contributed by atoms with van der Waals surface area (Å²) in [7, 11) is 1.31. The molecule has 0 radical (unpaired) electrons. The van der Waals surface area contributed by atoms with E-state index in [4.69, 9.17) is 0 Å². The van der Waals surface area contributed by atoms with Crippen molar-refractivity contribution in [3.05, 3.63) is 24.1 Å². The molecule has 0 saturated carbocycles. The molecule has 0 fully saturated rings. The molecule has 1 heterocycles. The van der Waals surface area contributed by atoms with Gasteiger partial charge in [0, 0.05) is 0 Å². The van der Waals surface area contributed by atoms with Crippen LogP contribution < -0.4 is 0 Å². The highest BCUT2D eigenvalue weighted by atomic mass is 16.5. The first kappa shape index (κ1) is 9.51. The Morgan fingerprint density at radius 1 is 1.77 bits per heavy atom. The predicted molar refractivity (Wildman–Crippen MR) is 47.2 cm³/mol. The fourth-order valence-electron chi connectivity index (χ4n) is 0.914. The van der Waals surface area contributed by atoms with Gasteiger partial charge in [0.1, 0.15) is 17.5 Å². The molecule has 0 aliphatic rings. The van der Waals surface area contributed by atoms with Crippen LogP contribution in [0, 0.1) is 0 Å². The third-order valence-electron chi connectivity index (χ3n) is 1.74. The Morgan fingerprint density at radius 2 is 2.46 bits per heavy atom. The van der Waals surface area contributed by atoms with Crippen LogP contribution in [0.15, 0.2) is 17.4 Å². The summed E-state index contributed by atoms with van der Waals surface area (Å²) in [6, 6.07) is 0. The topological polar surface area (TPSA) is 52.3 Å². The highest BCUT2D eigenvalue weighted by Crippen LogP contribution is 2.18. The number of carbonyl (C=O) groups is 1. The molecule has 13 heavy (non-hydrogen) atoms. The normalized spacial score (nSPS) is 9.69. The number of hydrogen-bond acceptors (Lipinski definition) is 4. The Labute approximate surface area is 76.2 Å². The minimum absolute atomic E-state index is 0.328. The molecule has 0 amide bonds. The minimum Gasteiger partial charge on any atom is -0.465 e. The number of nitrogens with zero attached hydrogens (tertiary/aromatic N) is 1. The lowest BCUT2D eigenvalue weighted by molar-refractivity contribution is 0.0599. The van der Waals surface area contributed by atoms with Gasteiger partial charge in [0.05, 0.1) is 7.11 Å². The van der Waals surface area contributed by atoms with Crippen LogP contribution in [-0.2, 0) is 4.74 Å². The van der Waals surface area contributed by atoms with Crippen LogP contribution in [0.2, 0.25) is 0 Å². The van der Waals surface area contributed by atoms with E-state index in [0.29, 0.717) is 11.3 Å². The maximum Gasteiger partial charge on any atom is 0.343 e. The number of rotatable bonds is 3. The first-order valence-electron chi connectivity index (χ1n) is 3.91. The number of methoxy groups -OCH3 is 1. The molecule has 4 heteroatoms. The van der Waals surface area contributed by atoms with Crippen molar-refractivity contribution in [3.63, 3.8) is 0 Å². The minimum atomic E-state index is -0.453. The van der Waals surface area contributed by atoms with Crippen molar-refractivity contribution in [2.24, 2.45) is 0 Å². The highest BCUT2D eigenvalue weighted by Gasteiger charge is 2.17. The summed E-state index contributed by atoms with van der Waals surface area (Å²) in [4.78, 5) is 11.2. The second kappa shape index (κ2) is 3.89. The molecule has 0 N–H and O–H groups in total. The maximum atomic E-state index is 11.2. The molecule has 1 rings (SSSR count). The molecule has 0 aliphatic carbocycles. The van der Waals surface area contributed by atoms with Crippen molar-refractivity contribution in [3.8, 4) is 0 Å². The van der Waals surface area contributed by atoms with Gasteiger partial charge in [-0.2, -0.15) is 0 Å². The lowest BCUT2D eigenvalue weighted by Gasteiger charge is -1.99. The van der Waals surface area contributed by atoms with Gasteiger partial charge >= 0.3 is 5.97 Å². The van der Waals surface area contributed by atoms with Crippen LogP contribution in [0.3, 0.4) is 0 Å². The molecular weight excluding hydrogens is 170 g/mol. The Bertz CT molecular complexity index is 297. The predicted octanol–water partition coefficient (Wildman–Crippen LogP) is 1.88. The van der Waals surface area contributed by atoms with Crippen LogP contribution in [-0.4, -0.2) is 18.2 Å². The van der Waals surface area contributed by atoms with Crippen LogP contribution in [0.5, 0.6) is 0 Å². The number of ether oxygens (including phenoxy) is 1. The fraction of sp³-hybridized carbons (Fsp3) is 0.333. The quantitative estimate of drug-likeness (QED) is 0.668. The molecule has 1 aromatic heterocycles. The molecule has 0 aliphatic heterocycles. The van der Waals surface area contributed by atoms with E-state index in [1.807, 2.05) is 6.92 Å². The number of aromatic nitrogens is 1. The van der Waals surface area contributed by atoms with Crippen molar-refractivity contribution in [1.82, 2.24) is 5.16 Å². The molecule has 1 aromatic rings. The zero-order chi connectivity index (χ0) is 9.84. The van der Waals surface area contributed by atoms with E-state index >= 15 is 0 Å². The Kier molecular flexibility index (Phi) is 2.84. The first-order valence-corrected chi connectivity index (χ1v) is 3.91. The Hall–Kier alpha value is -1.58. The summed E-state index contributed by atoms with van der Waals surface area (Å²) in [6.07, 6.45) is 1.98. The van der Waals surface area contributed by atoms with E-state index in [1.165, 1.54) is 13.4 Å². The van der Waals surface area contributed by atoms with Gasteiger partial charge < -0.3 is 9.26 Å². The summed E-state index contributed by atoms with van der Waals surface area (Å²) in [6.45, 7) is 5.69. The van der Waals surface area contributed by atoms with E-state index in [-0.39, 0.29) is 0 Å². The zero-order valence-electron chi connectivity index (χ0n) is 7.66. The van der Waals surface area contributed by atoms with Crippen molar-refractivity contribution in [2.45, 2.75) is 13.3 Å². The number of carbonyl (C=O) groups excluding carboxylic acids is 1. The molecule has 0 atom stereocenters. The van der Waals surface area contributed by atoms with Crippen molar-refractivity contribution < 1.29 is 14.1 Å². The van der Waals surface area contributed by atoms with Gasteiger partial charge in [0.2, 0.25) is 0 Å². The molecular formula is C9H11NO3. The van der Waals surface area contributed by atoms with Gasteiger partial charge in [-0.25, -0.2) is 4.79 Å². The summed E-state index contributed by atoms with van der Waals surface area (Å²) >= 11 is 0. The first-order chi connectivity index (χ1) is 6.20. The van der Waals surface area contributed by atoms with Gasteiger partial charge in [-0.05, 0) is 12.0 Å². The lowest BCUT2D eigenvalue weighted by Crippen LogP contribution is -2.02. The van der Waals surface area contributed by atoms with Gasteiger partial charge in [0.15, 0.2) is 0 Å².